The lowest BCUT2D eigenvalue weighted by Gasteiger charge is -2.25. The van der Waals surface area contributed by atoms with Crippen LogP contribution < -0.4 is 10.6 Å². The van der Waals surface area contributed by atoms with E-state index in [1.165, 1.54) is 0 Å². The summed E-state index contributed by atoms with van der Waals surface area (Å²) < 4.78 is 2.03. The predicted molar refractivity (Wildman–Crippen MR) is 97.6 cm³/mol. The Morgan fingerprint density at radius 1 is 1.24 bits per heavy atom. The number of urea groups is 1. The minimum Gasteiger partial charge on any atom is -0.353 e. The van der Waals surface area contributed by atoms with Crippen molar-refractivity contribution in [1.29, 1.82) is 0 Å². The van der Waals surface area contributed by atoms with Gasteiger partial charge in [0, 0.05) is 36.2 Å². The Balaban J connectivity index is 1.54. The molecule has 1 atom stereocenters. The number of nitrogens with one attached hydrogen (secondary N) is 2. The van der Waals surface area contributed by atoms with E-state index in [1.54, 1.807) is 29.2 Å². The van der Waals surface area contributed by atoms with Gasteiger partial charge < -0.3 is 20.1 Å². The third kappa shape index (κ3) is 4.14. The van der Waals surface area contributed by atoms with Crippen molar-refractivity contribution < 1.29 is 9.59 Å². The molecule has 1 aromatic heterocycles. The van der Waals surface area contributed by atoms with E-state index in [1.807, 2.05) is 29.9 Å². The van der Waals surface area contributed by atoms with Gasteiger partial charge in [-0.2, -0.15) is 0 Å². The van der Waals surface area contributed by atoms with Crippen molar-refractivity contribution in [3.8, 4) is 0 Å². The second-order valence-electron chi connectivity index (χ2n) is 6.11. The Kier molecular flexibility index (Phi) is 5.28. The quantitative estimate of drug-likeness (QED) is 0.879. The van der Waals surface area contributed by atoms with Gasteiger partial charge in [0.1, 0.15) is 0 Å². The lowest BCUT2D eigenvalue weighted by molar-refractivity contribution is -0.115. The van der Waals surface area contributed by atoms with Crippen molar-refractivity contribution in [3.63, 3.8) is 0 Å². The van der Waals surface area contributed by atoms with Gasteiger partial charge in [-0.3, -0.25) is 4.79 Å². The van der Waals surface area contributed by atoms with Crippen LogP contribution in [0.5, 0.6) is 0 Å². The minimum absolute atomic E-state index is 0.0549. The molecule has 1 saturated heterocycles. The van der Waals surface area contributed by atoms with Gasteiger partial charge in [0.05, 0.1) is 12.6 Å². The molecular formula is C18H21ClN4O2. The summed E-state index contributed by atoms with van der Waals surface area (Å²) in [6.45, 7) is 0.623. The molecule has 1 aliphatic heterocycles. The second-order valence-corrected chi connectivity index (χ2v) is 6.55. The fourth-order valence-corrected chi connectivity index (χ4v) is 3.26. The molecule has 1 fully saturated rings. The first kappa shape index (κ1) is 17.4. The summed E-state index contributed by atoms with van der Waals surface area (Å²) in [5.74, 6) is -0.273. The van der Waals surface area contributed by atoms with Crippen LogP contribution >= 0.6 is 11.6 Å². The maximum absolute atomic E-state index is 12.5. The lowest BCUT2D eigenvalue weighted by atomic mass is 10.1. The standard InChI is InChI=1S/C18H21ClN4O2/c1-22-10-2-4-15(22)16-5-3-11-23(16)18(25)20-12-17(24)21-14-8-6-13(19)7-9-14/h2,4,6-10,16H,3,5,11-12H2,1H3,(H,20,25)(H,21,24). The number of nitrogens with zero attached hydrogens (tertiary/aromatic N) is 2. The number of hydrogen-bond donors (Lipinski definition) is 2. The predicted octanol–water partition coefficient (Wildman–Crippen LogP) is 3.16. The number of carbonyl (C=O) groups excluding carboxylic acids is 2. The number of aromatic nitrogens is 1. The first-order chi connectivity index (χ1) is 12.0. The van der Waals surface area contributed by atoms with Crippen LogP contribution in [0.1, 0.15) is 24.6 Å². The Labute approximate surface area is 151 Å². The molecular weight excluding hydrogens is 340 g/mol. The fraction of sp³-hybridized carbons (Fsp3) is 0.333. The van der Waals surface area contributed by atoms with Crippen LogP contribution in [0.15, 0.2) is 42.6 Å². The first-order valence-electron chi connectivity index (χ1n) is 8.26. The fourth-order valence-electron chi connectivity index (χ4n) is 3.13. The van der Waals surface area contributed by atoms with E-state index in [-0.39, 0.29) is 24.5 Å². The van der Waals surface area contributed by atoms with Crippen molar-refractivity contribution in [2.75, 3.05) is 18.4 Å². The van der Waals surface area contributed by atoms with Crippen LogP contribution in [0, 0.1) is 0 Å². The van der Waals surface area contributed by atoms with Crippen LogP contribution in [0.4, 0.5) is 10.5 Å². The third-order valence-corrected chi connectivity index (χ3v) is 4.62. The normalized spacial score (nSPS) is 16.7. The second kappa shape index (κ2) is 7.61. The zero-order valence-electron chi connectivity index (χ0n) is 14.0. The van der Waals surface area contributed by atoms with Crippen molar-refractivity contribution in [2.45, 2.75) is 18.9 Å². The molecule has 0 radical (unpaired) electrons. The van der Waals surface area contributed by atoms with Crippen LogP contribution in [-0.2, 0) is 11.8 Å². The topological polar surface area (TPSA) is 66.4 Å². The number of benzene rings is 1. The summed E-state index contributed by atoms with van der Waals surface area (Å²) in [5, 5.41) is 6.04. The molecule has 0 spiro atoms. The Bertz CT molecular complexity index is 757. The average Bonchev–Trinajstić information content (AvgIpc) is 3.23. The van der Waals surface area contributed by atoms with E-state index in [0.717, 1.165) is 18.5 Å². The third-order valence-electron chi connectivity index (χ3n) is 4.37. The van der Waals surface area contributed by atoms with Crippen LogP contribution in [-0.4, -0.2) is 34.5 Å². The van der Waals surface area contributed by atoms with Gasteiger partial charge in [-0.15, -0.1) is 0 Å². The van der Waals surface area contributed by atoms with E-state index in [4.69, 9.17) is 11.6 Å². The van der Waals surface area contributed by atoms with Crippen molar-refractivity contribution in [3.05, 3.63) is 53.3 Å². The summed E-state index contributed by atoms with van der Waals surface area (Å²) >= 11 is 5.81. The molecule has 0 bridgehead atoms. The molecule has 6 nitrogen and oxygen atoms in total. The number of carbonyl (C=O) groups is 2. The molecule has 0 saturated carbocycles. The van der Waals surface area contributed by atoms with E-state index in [0.29, 0.717) is 17.3 Å². The number of rotatable bonds is 4. The van der Waals surface area contributed by atoms with Gasteiger partial charge in [0.2, 0.25) is 5.91 Å². The molecule has 1 unspecified atom stereocenters. The monoisotopic (exact) mass is 360 g/mol. The highest BCUT2D eigenvalue weighted by atomic mass is 35.5. The number of anilines is 1. The molecule has 3 amide bonds. The molecule has 0 aliphatic carbocycles. The maximum Gasteiger partial charge on any atom is 0.318 e. The molecule has 1 aliphatic rings. The van der Waals surface area contributed by atoms with Gasteiger partial charge in [-0.05, 0) is 49.2 Å². The molecule has 25 heavy (non-hydrogen) atoms. The molecule has 2 aromatic rings. The number of amides is 3. The van der Waals surface area contributed by atoms with Gasteiger partial charge in [-0.1, -0.05) is 11.6 Å². The average molecular weight is 361 g/mol. The first-order valence-corrected chi connectivity index (χ1v) is 8.63. The SMILES string of the molecule is Cn1cccc1C1CCCN1C(=O)NCC(=O)Nc1ccc(Cl)cc1. The smallest absolute Gasteiger partial charge is 0.318 e. The number of hydrogen-bond acceptors (Lipinski definition) is 2. The summed E-state index contributed by atoms with van der Waals surface area (Å²) in [6, 6.07) is 10.7. The zero-order valence-corrected chi connectivity index (χ0v) is 14.8. The number of halogens is 1. The molecule has 3 rings (SSSR count). The molecule has 132 valence electrons. The minimum atomic E-state index is -0.273. The zero-order chi connectivity index (χ0) is 17.8. The van der Waals surface area contributed by atoms with Crippen molar-refractivity contribution >= 4 is 29.2 Å². The molecule has 2 heterocycles. The van der Waals surface area contributed by atoms with E-state index < -0.39 is 0 Å². The van der Waals surface area contributed by atoms with Crippen LogP contribution in [0.2, 0.25) is 5.02 Å². The van der Waals surface area contributed by atoms with Crippen LogP contribution in [0.25, 0.3) is 0 Å². The largest absolute Gasteiger partial charge is 0.353 e. The summed E-state index contributed by atoms with van der Waals surface area (Å²) in [5.41, 5.74) is 1.75. The summed E-state index contributed by atoms with van der Waals surface area (Å²) in [4.78, 5) is 26.3. The van der Waals surface area contributed by atoms with E-state index >= 15 is 0 Å². The summed E-state index contributed by atoms with van der Waals surface area (Å²) in [6.07, 6.45) is 3.87. The Morgan fingerprint density at radius 2 is 2.00 bits per heavy atom. The number of likely N-dealkylation sites (tertiary alicyclic amines) is 1. The maximum atomic E-state index is 12.5. The van der Waals surface area contributed by atoms with Gasteiger partial charge in [-0.25, -0.2) is 4.79 Å². The van der Waals surface area contributed by atoms with Crippen molar-refractivity contribution in [1.82, 2.24) is 14.8 Å². The molecule has 7 heteroatoms. The highest BCUT2D eigenvalue weighted by Crippen LogP contribution is 2.31. The van der Waals surface area contributed by atoms with E-state index in [2.05, 4.69) is 10.6 Å². The highest BCUT2D eigenvalue weighted by molar-refractivity contribution is 6.30. The van der Waals surface area contributed by atoms with Gasteiger partial charge in [0.15, 0.2) is 0 Å². The Morgan fingerprint density at radius 3 is 2.68 bits per heavy atom. The highest BCUT2D eigenvalue weighted by Gasteiger charge is 2.31. The Hall–Kier alpha value is -2.47. The van der Waals surface area contributed by atoms with Gasteiger partial charge in [0.25, 0.3) is 0 Å². The van der Waals surface area contributed by atoms with Gasteiger partial charge >= 0.3 is 6.03 Å². The van der Waals surface area contributed by atoms with Crippen molar-refractivity contribution in [2.24, 2.45) is 7.05 Å². The van der Waals surface area contributed by atoms with E-state index in [9.17, 15) is 9.59 Å². The number of aryl methyl sites for hydroxylation is 1. The van der Waals surface area contributed by atoms with Crippen LogP contribution in [0.3, 0.4) is 0 Å². The summed E-state index contributed by atoms with van der Waals surface area (Å²) in [7, 11) is 1.98. The molecule has 1 aromatic carbocycles. The molecule has 2 N–H and O–H groups in total. The lowest BCUT2D eigenvalue weighted by Crippen LogP contribution is -2.43.